The molecular weight excluding hydrogens is 390 g/mol. The van der Waals surface area contributed by atoms with Crippen LogP contribution in [0, 0.1) is 6.92 Å². The summed E-state index contributed by atoms with van der Waals surface area (Å²) in [7, 11) is 0. The number of benzene rings is 2. The third-order valence-electron chi connectivity index (χ3n) is 5.95. The molecule has 31 heavy (non-hydrogen) atoms. The molecule has 2 aliphatic rings. The third kappa shape index (κ3) is 3.98. The molecule has 6 heteroatoms. The molecule has 1 N–H and O–H groups in total. The molecule has 0 radical (unpaired) electrons. The van der Waals surface area contributed by atoms with E-state index in [-0.39, 0.29) is 17.7 Å². The van der Waals surface area contributed by atoms with Gasteiger partial charge in [-0.1, -0.05) is 18.2 Å². The van der Waals surface area contributed by atoms with E-state index in [0.717, 1.165) is 49.9 Å². The zero-order valence-corrected chi connectivity index (χ0v) is 17.6. The number of oxazole rings is 1. The van der Waals surface area contributed by atoms with Crippen LogP contribution in [0.3, 0.4) is 0 Å². The van der Waals surface area contributed by atoms with Crippen LogP contribution in [0.5, 0.6) is 0 Å². The van der Waals surface area contributed by atoms with Crippen molar-refractivity contribution in [2.75, 3.05) is 18.4 Å². The van der Waals surface area contributed by atoms with Crippen LogP contribution in [0.15, 0.2) is 52.9 Å². The minimum atomic E-state index is -0.283. The number of amides is 2. The van der Waals surface area contributed by atoms with Crippen LogP contribution >= 0.6 is 0 Å². The molecule has 6 nitrogen and oxygen atoms in total. The van der Waals surface area contributed by atoms with Crippen molar-refractivity contribution in [1.29, 1.82) is 0 Å². The monoisotopic (exact) mass is 415 g/mol. The van der Waals surface area contributed by atoms with Crippen molar-refractivity contribution in [1.82, 2.24) is 9.88 Å². The smallest absolute Gasteiger partial charge is 0.277 e. The number of likely N-dealkylation sites (tertiary alicyclic amines) is 1. The summed E-state index contributed by atoms with van der Waals surface area (Å²) in [6, 6.07) is 15.0. The second-order valence-electron chi connectivity index (χ2n) is 8.36. The number of hydrogen-bond acceptors (Lipinski definition) is 4. The number of aryl methyl sites for hydroxylation is 1. The van der Waals surface area contributed by atoms with Gasteiger partial charge in [0, 0.05) is 35.8 Å². The first-order valence-electron chi connectivity index (χ1n) is 10.9. The third-order valence-corrected chi connectivity index (χ3v) is 5.95. The Labute approximate surface area is 181 Å². The number of hydrogen-bond donors (Lipinski definition) is 1. The highest BCUT2D eigenvalue weighted by Gasteiger charge is 2.34. The molecule has 0 unspecified atom stereocenters. The normalized spacial score (nSPS) is 15.8. The largest absolute Gasteiger partial charge is 0.440 e. The molecule has 3 aromatic rings. The van der Waals surface area contributed by atoms with Crippen molar-refractivity contribution in [3.63, 3.8) is 0 Å². The molecule has 1 saturated heterocycles. The van der Waals surface area contributed by atoms with E-state index in [4.69, 9.17) is 4.42 Å². The van der Waals surface area contributed by atoms with Crippen LogP contribution in [0.25, 0.3) is 11.5 Å². The van der Waals surface area contributed by atoms with Gasteiger partial charge in [-0.3, -0.25) is 9.59 Å². The van der Waals surface area contributed by atoms with Gasteiger partial charge >= 0.3 is 0 Å². The summed E-state index contributed by atoms with van der Waals surface area (Å²) in [6.07, 6.45) is 4.14. The number of nitrogens with zero attached hydrogens (tertiary/aromatic N) is 2. The topological polar surface area (TPSA) is 75.4 Å². The molecular formula is C25H25N3O3. The van der Waals surface area contributed by atoms with Crippen molar-refractivity contribution >= 4 is 17.5 Å². The number of anilines is 1. The number of carbonyl (C=O) groups is 2. The lowest BCUT2D eigenvalue weighted by atomic mass is 10.1. The zero-order valence-electron chi connectivity index (χ0n) is 17.6. The molecule has 2 fully saturated rings. The molecule has 5 rings (SSSR count). The molecule has 1 aliphatic heterocycles. The predicted molar refractivity (Wildman–Crippen MR) is 118 cm³/mol. The summed E-state index contributed by atoms with van der Waals surface area (Å²) in [4.78, 5) is 32.1. The number of nitrogens with one attached hydrogen (secondary N) is 1. The maximum absolute atomic E-state index is 13.1. The van der Waals surface area contributed by atoms with E-state index in [0.29, 0.717) is 28.6 Å². The fourth-order valence-electron chi connectivity index (χ4n) is 4.04. The Balaban J connectivity index is 1.37. The van der Waals surface area contributed by atoms with Crippen LogP contribution in [-0.2, 0) is 0 Å². The van der Waals surface area contributed by atoms with Gasteiger partial charge in [-0.15, -0.1) is 0 Å². The molecule has 0 atom stereocenters. The van der Waals surface area contributed by atoms with Crippen LogP contribution in [0.4, 0.5) is 5.69 Å². The van der Waals surface area contributed by atoms with E-state index in [9.17, 15) is 9.59 Å². The molecule has 1 aromatic heterocycles. The van der Waals surface area contributed by atoms with Gasteiger partial charge in [-0.05, 0) is 68.5 Å². The molecule has 2 amide bonds. The Kier molecular flexibility index (Phi) is 5.06. The Morgan fingerprint density at radius 3 is 2.48 bits per heavy atom. The predicted octanol–water partition coefficient (Wildman–Crippen LogP) is 5.02. The minimum absolute atomic E-state index is 0.0542. The van der Waals surface area contributed by atoms with Gasteiger partial charge in [0.2, 0.25) is 5.89 Å². The second-order valence-corrected chi connectivity index (χ2v) is 8.36. The van der Waals surface area contributed by atoms with E-state index in [1.54, 1.807) is 12.1 Å². The van der Waals surface area contributed by atoms with Crippen molar-refractivity contribution in [3.05, 3.63) is 71.1 Å². The van der Waals surface area contributed by atoms with E-state index in [1.165, 1.54) is 0 Å². The van der Waals surface area contributed by atoms with Crippen LogP contribution in [0.2, 0.25) is 0 Å². The van der Waals surface area contributed by atoms with Crippen LogP contribution < -0.4 is 5.32 Å². The van der Waals surface area contributed by atoms with Gasteiger partial charge in [-0.2, -0.15) is 0 Å². The Morgan fingerprint density at radius 1 is 1.06 bits per heavy atom. The standard InChI is InChI=1S/C25H25N3O3/c1-16-15-19(25(30)28-13-5-6-14-28)11-12-20(16)26-23(29)21-22(17-9-10-17)31-24(27-21)18-7-3-2-4-8-18/h2-4,7-8,11-12,15,17H,5-6,9-10,13-14H2,1H3,(H,26,29). The highest BCUT2D eigenvalue weighted by molar-refractivity contribution is 6.05. The maximum Gasteiger partial charge on any atom is 0.277 e. The maximum atomic E-state index is 13.1. The van der Waals surface area contributed by atoms with Gasteiger partial charge in [0.25, 0.3) is 11.8 Å². The van der Waals surface area contributed by atoms with Crippen molar-refractivity contribution in [2.24, 2.45) is 0 Å². The lowest BCUT2D eigenvalue weighted by Gasteiger charge is -2.16. The van der Waals surface area contributed by atoms with Gasteiger partial charge in [-0.25, -0.2) is 4.98 Å². The van der Waals surface area contributed by atoms with E-state index >= 15 is 0 Å². The second kappa shape index (κ2) is 8.02. The molecule has 1 aliphatic carbocycles. The Bertz CT molecular complexity index is 1130. The number of aromatic nitrogens is 1. The van der Waals surface area contributed by atoms with Gasteiger partial charge in [0.15, 0.2) is 5.69 Å². The summed E-state index contributed by atoms with van der Waals surface area (Å²) in [5.41, 5.74) is 3.37. The first kappa shape index (κ1) is 19.5. The Morgan fingerprint density at radius 2 is 1.81 bits per heavy atom. The lowest BCUT2D eigenvalue weighted by Crippen LogP contribution is -2.27. The number of carbonyl (C=O) groups excluding carboxylic acids is 2. The first-order chi connectivity index (χ1) is 15.1. The summed E-state index contributed by atoms with van der Waals surface area (Å²) in [5, 5.41) is 2.96. The van der Waals surface area contributed by atoms with Crippen molar-refractivity contribution < 1.29 is 14.0 Å². The summed E-state index contributed by atoms with van der Waals surface area (Å²) >= 11 is 0. The minimum Gasteiger partial charge on any atom is -0.440 e. The molecule has 158 valence electrons. The van der Waals surface area contributed by atoms with Crippen molar-refractivity contribution in [3.8, 4) is 11.5 Å². The van der Waals surface area contributed by atoms with Crippen LogP contribution in [-0.4, -0.2) is 34.8 Å². The summed E-state index contributed by atoms with van der Waals surface area (Å²) in [6.45, 7) is 3.53. The SMILES string of the molecule is Cc1cc(C(=O)N2CCCC2)ccc1NC(=O)c1nc(-c2ccccc2)oc1C1CC1. The van der Waals surface area contributed by atoms with E-state index < -0.39 is 0 Å². The highest BCUT2D eigenvalue weighted by atomic mass is 16.4. The van der Waals surface area contributed by atoms with Crippen molar-refractivity contribution in [2.45, 2.75) is 38.5 Å². The van der Waals surface area contributed by atoms with E-state index in [2.05, 4.69) is 10.3 Å². The molecule has 1 saturated carbocycles. The summed E-state index contributed by atoms with van der Waals surface area (Å²) < 4.78 is 6.00. The van der Waals surface area contributed by atoms with Crippen LogP contribution in [0.1, 0.15) is 63.8 Å². The van der Waals surface area contributed by atoms with Gasteiger partial charge in [0.05, 0.1) is 0 Å². The molecule has 2 aromatic carbocycles. The lowest BCUT2D eigenvalue weighted by molar-refractivity contribution is 0.0792. The molecule has 0 spiro atoms. The quantitative estimate of drug-likeness (QED) is 0.635. The molecule has 0 bridgehead atoms. The Hall–Kier alpha value is -3.41. The average molecular weight is 415 g/mol. The fourth-order valence-corrected chi connectivity index (χ4v) is 4.04. The molecule has 2 heterocycles. The highest BCUT2D eigenvalue weighted by Crippen LogP contribution is 2.43. The average Bonchev–Trinajstić information content (AvgIpc) is 3.30. The zero-order chi connectivity index (χ0) is 21.4. The van der Waals surface area contributed by atoms with Gasteiger partial charge < -0.3 is 14.6 Å². The fraction of sp³-hybridized carbons (Fsp3) is 0.320. The van der Waals surface area contributed by atoms with E-state index in [1.807, 2.05) is 48.2 Å². The first-order valence-corrected chi connectivity index (χ1v) is 10.9. The summed E-state index contributed by atoms with van der Waals surface area (Å²) in [5.74, 6) is 1.16. The number of rotatable bonds is 5. The van der Waals surface area contributed by atoms with Gasteiger partial charge in [0.1, 0.15) is 5.76 Å².